The molecular formula is C16H25N3O3S. The van der Waals surface area contributed by atoms with Gasteiger partial charge >= 0.3 is 0 Å². The molecule has 0 spiro atoms. The molecule has 23 heavy (non-hydrogen) atoms. The Hall–Kier alpha value is -1.44. The maximum Gasteiger partial charge on any atom is 0.233 e. The molecule has 1 saturated heterocycles. The van der Waals surface area contributed by atoms with Gasteiger partial charge < -0.3 is 5.32 Å². The number of hydrogen-bond acceptors (Lipinski definition) is 4. The number of aryl methyl sites for hydroxylation is 1. The number of nitrogens with one attached hydrogen (secondary N) is 2. The fourth-order valence-corrected chi connectivity index (χ4v) is 4.32. The van der Waals surface area contributed by atoms with Gasteiger partial charge in [-0.15, -0.1) is 0 Å². The lowest BCUT2D eigenvalue weighted by Gasteiger charge is -2.31. The fraction of sp³-hybridized carbons (Fsp3) is 0.562. The number of amides is 1. The average Bonchev–Trinajstić information content (AvgIpc) is 2.51. The van der Waals surface area contributed by atoms with Crippen LogP contribution < -0.4 is 10.0 Å². The third kappa shape index (κ3) is 5.60. The Balaban J connectivity index is 1.85. The van der Waals surface area contributed by atoms with Crippen LogP contribution in [0.3, 0.4) is 0 Å². The number of hydrogen-bond donors (Lipinski definition) is 2. The van der Waals surface area contributed by atoms with E-state index in [0.29, 0.717) is 6.54 Å². The van der Waals surface area contributed by atoms with Crippen LogP contribution in [-0.2, 0) is 20.6 Å². The van der Waals surface area contributed by atoms with Crippen molar-refractivity contribution in [2.45, 2.75) is 31.6 Å². The predicted octanol–water partition coefficient (Wildman–Crippen LogP) is 0.625. The van der Waals surface area contributed by atoms with E-state index < -0.39 is 10.0 Å². The molecule has 0 saturated carbocycles. The summed E-state index contributed by atoms with van der Waals surface area (Å²) in [7, 11) is -1.73. The molecule has 1 aliphatic heterocycles. The first-order valence-electron chi connectivity index (χ1n) is 7.87. The van der Waals surface area contributed by atoms with E-state index >= 15 is 0 Å². The van der Waals surface area contributed by atoms with Gasteiger partial charge in [0.15, 0.2) is 0 Å². The molecule has 2 N–H and O–H groups in total. The van der Waals surface area contributed by atoms with E-state index in [4.69, 9.17) is 0 Å². The van der Waals surface area contributed by atoms with Gasteiger partial charge in [0.1, 0.15) is 0 Å². The number of likely N-dealkylation sites (tertiary alicyclic amines) is 1. The molecule has 128 valence electrons. The lowest BCUT2D eigenvalue weighted by atomic mass is 10.1. The standard InChI is InChI=1S/C16H25N3O3S/c1-13-5-3-4-6-14(13)12-23(21,22)18-15-7-9-19(10-8-15)11-16(20)17-2/h3-6,15,18H,7-12H2,1-2H3,(H,17,20). The highest BCUT2D eigenvalue weighted by molar-refractivity contribution is 7.88. The van der Waals surface area contributed by atoms with Crippen LogP contribution in [-0.4, -0.2) is 51.9 Å². The van der Waals surface area contributed by atoms with Gasteiger partial charge in [-0.1, -0.05) is 24.3 Å². The number of carbonyl (C=O) groups is 1. The molecule has 1 aromatic rings. The first-order valence-corrected chi connectivity index (χ1v) is 9.52. The van der Waals surface area contributed by atoms with E-state index in [1.165, 1.54) is 0 Å². The van der Waals surface area contributed by atoms with E-state index in [-0.39, 0.29) is 17.7 Å². The normalized spacial score (nSPS) is 17.1. The van der Waals surface area contributed by atoms with Crippen LogP contribution in [0.25, 0.3) is 0 Å². The SMILES string of the molecule is CNC(=O)CN1CCC(NS(=O)(=O)Cc2ccccc2C)CC1. The first-order chi connectivity index (χ1) is 10.9. The van der Waals surface area contributed by atoms with Gasteiger partial charge in [-0.3, -0.25) is 9.69 Å². The number of likely N-dealkylation sites (N-methyl/N-ethyl adjacent to an activating group) is 1. The highest BCUT2D eigenvalue weighted by Gasteiger charge is 2.24. The molecule has 0 bridgehead atoms. The summed E-state index contributed by atoms with van der Waals surface area (Å²) in [6, 6.07) is 7.48. The Morgan fingerprint density at radius 2 is 1.91 bits per heavy atom. The summed E-state index contributed by atoms with van der Waals surface area (Å²) < 4.78 is 27.5. The van der Waals surface area contributed by atoms with Crippen LogP contribution in [0.4, 0.5) is 0 Å². The minimum atomic E-state index is -3.35. The number of piperidine rings is 1. The summed E-state index contributed by atoms with van der Waals surface area (Å²) in [6.45, 7) is 3.75. The van der Waals surface area contributed by atoms with Gasteiger partial charge in [-0.05, 0) is 30.9 Å². The van der Waals surface area contributed by atoms with Crippen molar-refractivity contribution in [3.8, 4) is 0 Å². The monoisotopic (exact) mass is 339 g/mol. The third-order valence-electron chi connectivity index (χ3n) is 4.19. The highest BCUT2D eigenvalue weighted by Crippen LogP contribution is 2.14. The van der Waals surface area contributed by atoms with Crippen molar-refractivity contribution < 1.29 is 13.2 Å². The van der Waals surface area contributed by atoms with Crippen LogP contribution in [0.15, 0.2) is 24.3 Å². The molecule has 0 aliphatic carbocycles. The van der Waals surface area contributed by atoms with Gasteiger partial charge in [-0.2, -0.15) is 0 Å². The first kappa shape index (κ1) is 17.9. The van der Waals surface area contributed by atoms with Crippen molar-refractivity contribution in [1.82, 2.24) is 14.9 Å². The van der Waals surface area contributed by atoms with Crippen molar-refractivity contribution in [3.63, 3.8) is 0 Å². The quantitative estimate of drug-likeness (QED) is 0.797. The van der Waals surface area contributed by atoms with Gasteiger partial charge in [0.2, 0.25) is 15.9 Å². The minimum Gasteiger partial charge on any atom is -0.358 e. The Bertz CT molecular complexity index is 638. The van der Waals surface area contributed by atoms with Crippen LogP contribution in [0.5, 0.6) is 0 Å². The number of sulfonamides is 1. The van der Waals surface area contributed by atoms with Crippen molar-refractivity contribution >= 4 is 15.9 Å². The lowest BCUT2D eigenvalue weighted by Crippen LogP contribution is -2.47. The third-order valence-corrected chi connectivity index (χ3v) is 5.57. The zero-order chi connectivity index (χ0) is 16.9. The van der Waals surface area contributed by atoms with Gasteiger partial charge in [0.05, 0.1) is 12.3 Å². The summed E-state index contributed by atoms with van der Waals surface area (Å²) in [5.41, 5.74) is 1.82. The minimum absolute atomic E-state index is 0.0106. The zero-order valence-electron chi connectivity index (χ0n) is 13.7. The smallest absolute Gasteiger partial charge is 0.233 e. The molecule has 0 atom stereocenters. The van der Waals surface area contributed by atoms with Crippen LogP contribution in [0.2, 0.25) is 0 Å². The largest absolute Gasteiger partial charge is 0.358 e. The second kappa shape index (κ2) is 7.90. The number of rotatable bonds is 6. The van der Waals surface area contributed by atoms with Crippen LogP contribution in [0.1, 0.15) is 24.0 Å². The predicted molar refractivity (Wildman–Crippen MR) is 90.5 cm³/mol. The number of nitrogens with zero attached hydrogens (tertiary/aromatic N) is 1. The van der Waals surface area contributed by atoms with Crippen molar-refractivity contribution in [1.29, 1.82) is 0 Å². The van der Waals surface area contributed by atoms with E-state index in [1.54, 1.807) is 7.05 Å². The Morgan fingerprint density at radius 3 is 2.52 bits per heavy atom. The summed E-state index contributed by atoms with van der Waals surface area (Å²) in [5, 5.41) is 2.60. The maximum atomic E-state index is 12.3. The maximum absolute atomic E-state index is 12.3. The molecule has 2 rings (SSSR count). The zero-order valence-corrected chi connectivity index (χ0v) is 14.5. The summed E-state index contributed by atoms with van der Waals surface area (Å²) >= 11 is 0. The van der Waals surface area contributed by atoms with Crippen LogP contribution >= 0.6 is 0 Å². The topological polar surface area (TPSA) is 78.5 Å². The molecule has 1 heterocycles. The summed E-state index contributed by atoms with van der Waals surface area (Å²) in [5.74, 6) is 0.00146. The van der Waals surface area contributed by atoms with Gasteiger partial charge in [-0.25, -0.2) is 13.1 Å². The molecule has 0 aromatic heterocycles. The Labute approximate surface area is 138 Å². The van der Waals surface area contributed by atoms with Crippen molar-refractivity contribution in [3.05, 3.63) is 35.4 Å². The molecule has 1 aromatic carbocycles. The molecular weight excluding hydrogens is 314 g/mol. The van der Waals surface area contributed by atoms with E-state index in [1.807, 2.05) is 36.1 Å². The fourth-order valence-electron chi connectivity index (χ4n) is 2.76. The molecule has 1 amide bonds. The van der Waals surface area contributed by atoms with Crippen molar-refractivity contribution in [2.75, 3.05) is 26.7 Å². The molecule has 6 nitrogen and oxygen atoms in total. The van der Waals surface area contributed by atoms with Gasteiger partial charge in [0, 0.05) is 26.2 Å². The second-order valence-electron chi connectivity index (χ2n) is 6.03. The molecule has 7 heteroatoms. The Morgan fingerprint density at radius 1 is 1.26 bits per heavy atom. The van der Waals surface area contributed by atoms with E-state index in [2.05, 4.69) is 10.0 Å². The van der Waals surface area contributed by atoms with Gasteiger partial charge in [0.25, 0.3) is 0 Å². The van der Waals surface area contributed by atoms with Crippen molar-refractivity contribution in [2.24, 2.45) is 0 Å². The average molecular weight is 339 g/mol. The lowest BCUT2D eigenvalue weighted by molar-refractivity contribution is -0.122. The molecule has 0 radical (unpaired) electrons. The second-order valence-corrected chi connectivity index (χ2v) is 7.78. The Kier molecular flexibility index (Phi) is 6.15. The highest BCUT2D eigenvalue weighted by atomic mass is 32.2. The molecule has 1 fully saturated rings. The number of carbonyl (C=O) groups excluding carboxylic acids is 1. The molecule has 0 unspecified atom stereocenters. The summed E-state index contributed by atoms with van der Waals surface area (Å²) in [6.07, 6.45) is 1.45. The molecule has 1 aliphatic rings. The van der Waals surface area contributed by atoms with Crippen LogP contribution in [0, 0.1) is 6.92 Å². The number of benzene rings is 1. The van der Waals surface area contributed by atoms with E-state index in [0.717, 1.165) is 37.1 Å². The summed E-state index contributed by atoms with van der Waals surface area (Å²) in [4.78, 5) is 13.4. The van der Waals surface area contributed by atoms with E-state index in [9.17, 15) is 13.2 Å².